The molecule has 0 saturated carbocycles. The highest BCUT2D eigenvalue weighted by atomic mass is 32.1. The molecule has 0 saturated heterocycles. The van der Waals surface area contributed by atoms with Gasteiger partial charge < -0.3 is 14.8 Å². The van der Waals surface area contributed by atoms with Gasteiger partial charge in [-0.2, -0.15) is 0 Å². The van der Waals surface area contributed by atoms with E-state index < -0.39 is 23.5 Å². The summed E-state index contributed by atoms with van der Waals surface area (Å²) >= 11 is 1.34. The van der Waals surface area contributed by atoms with Crippen LogP contribution in [0.4, 0.5) is 4.39 Å². The maximum absolute atomic E-state index is 13.4. The number of carbonyl (C=O) groups excluding carboxylic acids is 3. The molecular weight excluding hydrogens is 579 g/mol. The van der Waals surface area contributed by atoms with Gasteiger partial charge in [-0.05, 0) is 92.4 Å². The lowest BCUT2D eigenvalue weighted by atomic mass is 10.0. The van der Waals surface area contributed by atoms with Gasteiger partial charge in [0, 0.05) is 16.5 Å². The fraction of sp³-hybridized carbons (Fsp3) is 0.200. The Labute approximate surface area is 260 Å². The molecule has 0 aliphatic carbocycles. The Morgan fingerprint density at radius 3 is 2.34 bits per heavy atom. The van der Waals surface area contributed by atoms with E-state index in [1.165, 1.54) is 23.5 Å². The number of thiazole rings is 1. The number of ether oxygens (including phenoxy) is 2. The number of aromatic nitrogens is 1. The zero-order valence-electron chi connectivity index (χ0n) is 24.7. The Kier molecular flexibility index (Phi) is 11.3. The minimum absolute atomic E-state index is 0.0877. The van der Waals surface area contributed by atoms with E-state index in [-0.39, 0.29) is 11.5 Å². The minimum Gasteiger partial charge on any atom is -0.489 e. The first-order chi connectivity index (χ1) is 21.2. The van der Waals surface area contributed by atoms with Crippen LogP contribution >= 0.6 is 11.3 Å². The molecule has 0 bridgehead atoms. The van der Waals surface area contributed by atoms with Gasteiger partial charge >= 0.3 is 5.97 Å². The van der Waals surface area contributed by atoms with Gasteiger partial charge in [-0.15, -0.1) is 11.3 Å². The molecule has 1 heterocycles. The normalized spacial score (nSPS) is 12.4. The number of Topliss-reactive ketones (excluding diaryl/α,β-unsaturated/α-hetero) is 1. The molecule has 1 N–H and O–H groups in total. The summed E-state index contributed by atoms with van der Waals surface area (Å²) in [5.41, 5.74) is 3.95. The number of amides is 1. The molecule has 9 heteroatoms. The lowest BCUT2D eigenvalue weighted by Gasteiger charge is -2.17. The Hall–Kier alpha value is -4.89. The number of allylic oxidation sites excluding steroid dienone is 2. The van der Waals surface area contributed by atoms with Gasteiger partial charge in [0.05, 0.1) is 18.3 Å². The smallest absolute Gasteiger partial charge is 0.333 e. The number of halogens is 1. The monoisotopic (exact) mass is 612 g/mol. The van der Waals surface area contributed by atoms with E-state index in [4.69, 9.17) is 14.5 Å². The molecule has 4 rings (SSSR count). The van der Waals surface area contributed by atoms with E-state index >= 15 is 0 Å². The quantitative estimate of drug-likeness (QED) is 0.0571. The van der Waals surface area contributed by atoms with Crippen LogP contribution in [0, 0.1) is 5.82 Å². The number of carbonyl (C=O) groups is 3. The lowest BCUT2D eigenvalue weighted by Crippen LogP contribution is -2.35. The topological polar surface area (TPSA) is 94.6 Å². The summed E-state index contributed by atoms with van der Waals surface area (Å²) in [7, 11) is 0. The summed E-state index contributed by atoms with van der Waals surface area (Å²) in [4.78, 5) is 42.6. The molecule has 1 atom stereocenters. The molecule has 0 fully saturated rings. The van der Waals surface area contributed by atoms with Gasteiger partial charge in [0.1, 0.15) is 23.2 Å². The van der Waals surface area contributed by atoms with Crippen molar-refractivity contribution in [3.8, 4) is 5.75 Å². The van der Waals surface area contributed by atoms with Crippen molar-refractivity contribution in [2.75, 3.05) is 6.61 Å². The summed E-state index contributed by atoms with van der Waals surface area (Å²) < 4.78 is 24.3. The summed E-state index contributed by atoms with van der Waals surface area (Å²) in [6.07, 6.45) is 3.90. The average molecular weight is 613 g/mol. The number of benzene rings is 3. The van der Waals surface area contributed by atoms with Crippen molar-refractivity contribution >= 4 is 35.1 Å². The van der Waals surface area contributed by atoms with Crippen LogP contribution in [0.25, 0.3) is 6.08 Å². The van der Waals surface area contributed by atoms with E-state index in [2.05, 4.69) is 5.32 Å². The minimum atomic E-state index is -0.819. The van der Waals surface area contributed by atoms with Gasteiger partial charge in [-0.3, -0.25) is 9.59 Å². The highest BCUT2D eigenvalue weighted by molar-refractivity contribution is 7.09. The number of ketones is 1. The molecule has 0 unspecified atom stereocenters. The summed E-state index contributed by atoms with van der Waals surface area (Å²) in [6.45, 7) is 6.02. The molecule has 1 amide bonds. The average Bonchev–Trinajstić information content (AvgIpc) is 3.49. The maximum atomic E-state index is 13.4. The summed E-state index contributed by atoms with van der Waals surface area (Å²) in [5.74, 6) is -1.77. The highest BCUT2D eigenvalue weighted by Gasteiger charge is 2.24. The first kappa shape index (κ1) is 32.0. The second-order valence-corrected chi connectivity index (χ2v) is 10.9. The molecule has 4 aromatic rings. The van der Waals surface area contributed by atoms with Crippen LogP contribution in [0.2, 0.25) is 0 Å². The third-order valence-corrected chi connectivity index (χ3v) is 7.46. The SMILES string of the molecule is CCOC(=O)/C(C)=C\C(C)=C\c1csc([C@H](Cc2ccc(OCc3ccccc3)cc2)NC(=O)C(=O)c2ccc(F)cc2)n1. The molecular formula is C35H33FN2O5S. The van der Waals surface area contributed by atoms with Crippen LogP contribution in [0.3, 0.4) is 0 Å². The fourth-order valence-electron chi connectivity index (χ4n) is 4.30. The van der Waals surface area contributed by atoms with E-state index in [0.29, 0.717) is 41.7 Å². The van der Waals surface area contributed by atoms with Crippen LogP contribution in [0.15, 0.2) is 101 Å². The first-order valence-electron chi connectivity index (χ1n) is 14.1. The number of hydrogen-bond acceptors (Lipinski definition) is 7. The summed E-state index contributed by atoms with van der Waals surface area (Å²) in [6, 6.07) is 21.6. The predicted octanol–water partition coefficient (Wildman–Crippen LogP) is 7.06. The van der Waals surface area contributed by atoms with Gasteiger partial charge in [0.2, 0.25) is 5.78 Å². The molecule has 7 nitrogen and oxygen atoms in total. The Balaban J connectivity index is 1.52. The van der Waals surface area contributed by atoms with Crippen LogP contribution in [0.5, 0.6) is 5.75 Å². The van der Waals surface area contributed by atoms with Crippen LogP contribution in [-0.4, -0.2) is 29.3 Å². The molecule has 0 aliphatic rings. The van der Waals surface area contributed by atoms with Crippen molar-refractivity contribution in [3.63, 3.8) is 0 Å². The highest BCUT2D eigenvalue weighted by Crippen LogP contribution is 2.25. The third kappa shape index (κ3) is 9.31. The Bertz CT molecular complexity index is 1640. The van der Waals surface area contributed by atoms with Gasteiger partial charge in [0.25, 0.3) is 5.91 Å². The van der Waals surface area contributed by atoms with Crippen LogP contribution in [-0.2, 0) is 27.4 Å². The number of nitrogens with one attached hydrogen (secondary N) is 1. The van der Waals surface area contributed by atoms with Gasteiger partial charge in [-0.25, -0.2) is 14.2 Å². The van der Waals surface area contributed by atoms with Gasteiger partial charge in [0.15, 0.2) is 0 Å². The molecule has 3 aromatic carbocycles. The Morgan fingerprint density at radius 1 is 0.955 bits per heavy atom. The molecule has 226 valence electrons. The van der Waals surface area contributed by atoms with Gasteiger partial charge in [-0.1, -0.05) is 42.5 Å². The fourth-order valence-corrected chi connectivity index (χ4v) is 5.13. The van der Waals surface area contributed by atoms with Crippen LogP contribution < -0.4 is 10.1 Å². The zero-order valence-corrected chi connectivity index (χ0v) is 25.5. The van der Waals surface area contributed by atoms with Crippen molar-refractivity contribution in [2.24, 2.45) is 0 Å². The third-order valence-electron chi connectivity index (χ3n) is 6.48. The van der Waals surface area contributed by atoms with E-state index in [0.717, 1.165) is 28.8 Å². The molecule has 1 aromatic heterocycles. The molecule has 0 aliphatic heterocycles. The largest absolute Gasteiger partial charge is 0.489 e. The molecule has 0 radical (unpaired) electrons. The number of esters is 1. The lowest BCUT2D eigenvalue weighted by molar-refractivity contribution is -0.138. The standard InChI is InChI=1S/C35H33FN2O5S/c1-4-42-35(41)24(3)18-23(2)19-29-22-44-34(37-29)31(38-33(40)32(39)27-12-14-28(36)15-13-27)20-25-10-16-30(17-11-25)43-21-26-8-6-5-7-9-26/h5-19,22,31H,4,20-21H2,1-3H3,(H,38,40)/b23-19+,24-18-/t31-/m0/s1. The second kappa shape index (κ2) is 15.5. The predicted molar refractivity (Wildman–Crippen MR) is 169 cm³/mol. The van der Waals surface area contributed by atoms with Crippen molar-refractivity contribution in [2.45, 2.75) is 39.8 Å². The second-order valence-electron chi connectivity index (χ2n) is 10.0. The zero-order chi connectivity index (χ0) is 31.5. The Morgan fingerprint density at radius 2 is 1.66 bits per heavy atom. The van der Waals surface area contributed by atoms with E-state index in [1.807, 2.05) is 73.0 Å². The van der Waals surface area contributed by atoms with Crippen LogP contribution in [0.1, 0.15) is 59.0 Å². The number of hydrogen-bond donors (Lipinski definition) is 1. The summed E-state index contributed by atoms with van der Waals surface area (Å²) in [5, 5.41) is 5.26. The van der Waals surface area contributed by atoms with Crippen molar-refractivity contribution < 1.29 is 28.2 Å². The molecule has 44 heavy (non-hydrogen) atoms. The van der Waals surface area contributed by atoms with Crippen molar-refractivity contribution in [3.05, 3.63) is 135 Å². The number of nitrogens with zero attached hydrogens (tertiary/aromatic N) is 1. The number of rotatable bonds is 13. The van der Waals surface area contributed by atoms with E-state index in [1.54, 1.807) is 19.9 Å². The van der Waals surface area contributed by atoms with Crippen molar-refractivity contribution in [1.82, 2.24) is 10.3 Å². The molecule has 0 spiro atoms. The maximum Gasteiger partial charge on any atom is 0.333 e. The first-order valence-corrected chi connectivity index (χ1v) is 15.0. The van der Waals surface area contributed by atoms with E-state index in [9.17, 15) is 18.8 Å². The van der Waals surface area contributed by atoms with Crippen molar-refractivity contribution in [1.29, 1.82) is 0 Å².